The van der Waals surface area contributed by atoms with Gasteiger partial charge in [0.2, 0.25) is 5.91 Å². The Labute approximate surface area is 181 Å². The molecule has 0 aromatic carbocycles. The molecule has 15 heteroatoms. The zero-order chi connectivity index (χ0) is 24.4. The van der Waals surface area contributed by atoms with Gasteiger partial charge in [0, 0.05) is 13.3 Å². The van der Waals surface area contributed by atoms with Crippen molar-refractivity contribution in [3.8, 4) is 0 Å². The van der Waals surface area contributed by atoms with E-state index in [0.717, 1.165) is 6.92 Å². The number of amides is 1. The molecular formula is C17H29NO14. The van der Waals surface area contributed by atoms with Crippen LogP contribution in [-0.4, -0.2) is 138 Å². The van der Waals surface area contributed by atoms with Gasteiger partial charge in [-0.2, -0.15) is 0 Å². The first-order valence-electron chi connectivity index (χ1n) is 9.69. The predicted octanol–water partition coefficient (Wildman–Crippen LogP) is -6.05. The average molecular weight is 471 g/mol. The molecule has 2 aliphatic rings. The van der Waals surface area contributed by atoms with Crippen molar-refractivity contribution in [2.75, 3.05) is 13.2 Å². The third-order valence-electron chi connectivity index (χ3n) is 5.35. The number of hydrogen-bond acceptors (Lipinski definition) is 13. The fourth-order valence-electron chi connectivity index (χ4n) is 3.56. The Hall–Kier alpha value is -1.50. The number of carbonyl (C=O) groups excluding carboxylic acids is 1. The molecule has 2 heterocycles. The van der Waals surface area contributed by atoms with Crippen LogP contribution in [0.25, 0.3) is 0 Å². The van der Waals surface area contributed by atoms with Crippen LogP contribution in [0.15, 0.2) is 0 Å². The number of hydrogen-bond donors (Lipinski definition) is 10. The van der Waals surface area contributed by atoms with Crippen LogP contribution in [-0.2, 0) is 23.8 Å². The van der Waals surface area contributed by atoms with Crippen LogP contribution >= 0.6 is 0 Å². The largest absolute Gasteiger partial charge is 0.477 e. The number of aliphatic hydroxyl groups excluding tert-OH is 8. The zero-order valence-corrected chi connectivity index (χ0v) is 17.0. The molecule has 15 nitrogen and oxygen atoms in total. The van der Waals surface area contributed by atoms with E-state index in [2.05, 4.69) is 5.32 Å². The second-order valence-electron chi connectivity index (χ2n) is 7.73. The Balaban J connectivity index is 2.27. The molecule has 2 saturated heterocycles. The SMILES string of the molecule is CC(=O)N[C@H]1[C@H]([C@H](O)[C@H](O)CO)OC(OC[C@H]2OC(O)[C@H](O)[C@@H](O)[C@H]2O)(C(=O)O)C[C@@H]1O. The summed E-state index contributed by atoms with van der Waals surface area (Å²) in [5.74, 6) is -5.15. The van der Waals surface area contributed by atoms with Crippen LogP contribution in [0.4, 0.5) is 0 Å². The molecule has 0 bridgehead atoms. The summed E-state index contributed by atoms with van der Waals surface area (Å²) in [5.41, 5.74) is 0. The summed E-state index contributed by atoms with van der Waals surface area (Å²) in [7, 11) is 0. The Morgan fingerprint density at radius 2 is 1.75 bits per heavy atom. The van der Waals surface area contributed by atoms with Crippen molar-refractivity contribution in [3.63, 3.8) is 0 Å². The first-order valence-corrected chi connectivity index (χ1v) is 9.69. The summed E-state index contributed by atoms with van der Waals surface area (Å²) in [6.45, 7) is -0.691. The molecule has 0 aliphatic carbocycles. The van der Waals surface area contributed by atoms with Crippen LogP contribution in [0.5, 0.6) is 0 Å². The van der Waals surface area contributed by atoms with Gasteiger partial charge in [-0.3, -0.25) is 4.79 Å². The minimum Gasteiger partial charge on any atom is -0.477 e. The molecule has 2 fully saturated rings. The van der Waals surface area contributed by atoms with E-state index in [4.69, 9.17) is 19.3 Å². The molecule has 2 rings (SSSR count). The topological polar surface area (TPSA) is 256 Å². The molecule has 0 aromatic heterocycles. The number of ether oxygens (including phenoxy) is 3. The molecule has 2 aliphatic heterocycles. The Bertz CT molecular complexity index is 665. The maximum Gasteiger partial charge on any atom is 0.364 e. The number of aliphatic hydroxyl groups is 8. The highest BCUT2D eigenvalue weighted by Crippen LogP contribution is 2.34. The van der Waals surface area contributed by atoms with Gasteiger partial charge in [-0.1, -0.05) is 0 Å². The van der Waals surface area contributed by atoms with E-state index in [1.165, 1.54) is 0 Å². The maximum atomic E-state index is 12.0. The van der Waals surface area contributed by atoms with Gasteiger partial charge in [0.05, 0.1) is 25.4 Å². The quantitative estimate of drug-likeness (QED) is 0.158. The van der Waals surface area contributed by atoms with Gasteiger partial charge in [-0.25, -0.2) is 4.79 Å². The van der Waals surface area contributed by atoms with Crippen molar-refractivity contribution in [1.29, 1.82) is 0 Å². The number of carboxylic acid groups (broad SMARTS) is 1. The van der Waals surface area contributed by atoms with Gasteiger partial charge in [0.1, 0.15) is 42.7 Å². The van der Waals surface area contributed by atoms with Gasteiger partial charge < -0.3 is 65.5 Å². The molecule has 0 spiro atoms. The van der Waals surface area contributed by atoms with Gasteiger partial charge in [0.25, 0.3) is 5.79 Å². The Morgan fingerprint density at radius 1 is 1.12 bits per heavy atom. The number of nitrogens with one attached hydrogen (secondary N) is 1. The minimum absolute atomic E-state index is 0.669. The molecule has 10 N–H and O–H groups in total. The van der Waals surface area contributed by atoms with E-state index in [0.29, 0.717) is 0 Å². The zero-order valence-electron chi connectivity index (χ0n) is 17.0. The van der Waals surface area contributed by atoms with Crippen LogP contribution < -0.4 is 5.32 Å². The lowest BCUT2D eigenvalue weighted by molar-refractivity contribution is -0.334. The lowest BCUT2D eigenvalue weighted by Crippen LogP contribution is -2.68. The third-order valence-corrected chi connectivity index (χ3v) is 5.35. The normalized spacial score (nSPS) is 42.2. The lowest BCUT2D eigenvalue weighted by Gasteiger charge is -2.47. The minimum atomic E-state index is -2.69. The molecule has 2 unspecified atom stereocenters. The van der Waals surface area contributed by atoms with Crippen molar-refractivity contribution in [1.82, 2.24) is 5.32 Å². The third kappa shape index (κ3) is 5.52. The summed E-state index contributed by atoms with van der Waals surface area (Å²) < 4.78 is 15.5. The summed E-state index contributed by atoms with van der Waals surface area (Å²) in [6, 6.07) is -1.39. The van der Waals surface area contributed by atoms with E-state index in [1.54, 1.807) is 0 Å². The standard InChI is InChI=1S/C17H29NO14/c1-5(20)18-9-6(21)2-17(16(28)29,32-14(9)10(23)7(22)3-19)30-4-8-11(24)12(25)13(26)15(27)31-8/h6-15,19,21-27H,2-4H2,1H3,(H,18,20)(H,28,29)/t6-,7+,8+,9+,10+,11-,12-,13+,14+,15?,17?/m0/s1. The summed E-state index contributed by atoms with van der Waals surface area (Å²) >= 11 is 0. The molecule has 1 amide bonds. The van der Waals surface area contributed by atoms with E-state index < -0.39 is 98.5 Å². The Morgan fingerprint density at radius 3 is 2.28 bits per heavy atom. The van der Waals surface area contributed by atoms with Crippen molar-refractivity contribution < 1.29 is 69.8 Å². The van der Waals surface area contributed by atoms with Crippen molar-refractivity contribution in [2.24, 2.45) is 0 Å². The molecule has 186 valence electrons. The molecular weight excluding hydrogens is 442 g/mol. The highest BCUT2D eigenvalue weighted by molar-refractivity contribution is 5.76. The lowest BCUT2D eigenvalue weighted by atomic mass is 9.88. The molecule has 0 aromatic rings. The number of rotatable bonds is 8. The molecule has 0 radical (unpaired) electrons. The fourth-order valence-corrected chi connectivity index (χ4v) is 3.56. The first kappa shape index (κ1) is 26.7. The van der Waals surface area contributed by atoms with Crippen molar-refractivity contribution >= 4 is 11.9 Å². The smallest absolute Gasteiger partial charge is 0.364 e. The first-order chi connectivity index (χ1) is 14.8. The number of carbonyl (C=O) groups is 2. The van der Waals surface area contributed by atoms with Gasteiger partial charge in [0.15, 0.2) is 6.29 Å². The van der Waals surface area contributed by atoms with Crippen LogP contribution in [0.3, 0.4) is 0 Å². The summed E-state index contributed by atoms with van der Waals surface area (Å²) in [6.07, 6.45) is -16.9. The summed E-state index contributed by atoms with van der Waals surface area (Å²) in [5, 5.41) is 90.6. The van der Waals surface area contributed by atoms with Gasteiger partial charge in [-0.05, 0) is 0 Å². The fraction of sp³-hybridized carbons (Fsp3) is 0.882. The second kappa shape index (κ2) is 10.6. The second-order valence-corrected chi connectivity index (χ2v) is 7.73. The van der Waals surface area contributed by atoms with Crippen LogP contribution in [0.1, 0.15) is 13.3 Å². The van der Waals surface area contributed by atoms with Gasteiger partial charge in [-0.15, -0.1) is 0 Å². The monoisotopic (exact) mass is 471 g/mol. The number of carboxylic acids is 1. The maximum absolute atomic E-state index is 12.0. The van der Waals surface area contributed by atoms with Crippen molar-refractivity contribution in [2.45, 2.75) is 80.3 Å². The molecule has 32 heavy (non-hydrogen) atoms. The summed E-state index contributed by atoms with van der Waals surface area (Å²) in [4.78, 5) is 23.5. The van der Waals surface area contributed by atoms with E-state index in [1.807, 2.05) is 0 Å². The van der Waals surface area contributed by atoms with Gasteiger partial charge >= 0.3 is 5.97 Å². The van der Waals surface area contributed by atoms with E-state index in [-0.39, 0.29) is 0 Å². The molecule has 11 atom stereocenters. The highest BCUT2D eigenvalue weighted by Gasteiger charge is 2.56. The predicted molar refractivity (Wildman–Crippen MR) is 97.4 cm³/mol. The van der Waals surface area contributed by atoms with Crippen molar-refractivity contribution in [3.05, 3.63) is 0 Å². The molecule has 0 saturated carbocycles. The highest BCUT2D eigenvalue weighted by atomic mass is 16.7. The van der Waals surface area contributed by atoms with E-state index >= 15 is 0 Å². The Kier molecular flexibility index (Phi) is 8.88. The van der Waals surface area contributed by atoms with Crippen LogP contribution in [0, 0.1) is 0 Å². The average Bonchev–Trinajstić information content (AvgIpc) is 2.73. The van der Waals surface area contributed by atoms with E-state index in [9.17, 15) is 50.4 Å². The van der Waals surface area contributed by atoms with Crippen LogP contribution in [0.2, 0.25) is 0 Å². The number of aliphatic carboxylic acids is 1.